The Morgan fingerprint density at radius 1 is 1.00 bits per heavy atom. The fourth-order valence-electron chi connectivity index (χ4n) is 2.92. The largest absolute Gasteiger partial charge is 0.507 e. The molecular weight excluding hydrogens is 292 g/mol. The summed E-state index contributed by atoms with van der Waals surface area (Å²) in [6, 6.07) is 20.0. The number of rotatable bonds is 1. The fraction of sp³-hybridized carbons (Fsp3) is 0.158. The zero-order valence-corrected chi connectivity index (χ0v) is 13.1. The maximum absolute atomic E-state index is 10.2. The van der Waals surface area contributed by atoms with E-state index in [-0.39, 0.29) is 5.60 Å². The van der Waals surface area contributed by atoms with Crippen molar-refractivity contribution in [1.29, 1.82) is 0 Å². The van der Waals surface area contributed by atoms with Gasteiger partial charge in [0.2, 0.25) is 0 Å². The van der Waals surface area contributed by atoms with Crippen molar-refractivity contribution in [2.75, 3.05) is 5.75 Å². The first-order valence-electron chi connectivity index (χ1n) is 7.29. The Morgan fingerprint density at radius 3 is 2.45 bits per heavy atom. The van der Waals surface area contributed by atoms with E-state index in [1.54, 1.807) is 11.8 Å². The highest BCUT2D eigenvalue weighted by molar-refractivity contribution is 7.99. The second-order valence-corrected chi connectivity index (χ2v) is 6.77. The molecule has 3 aromatic carbocycles. The van der Waals surface area contributed by atoms with Crippen molar-refractivity contribution in [1.82, 2.24) is 0 Å². The predicted octanol–water partition coefficient (Wildman–Crippen LogP) is 4.95. The lowest BCUT2D eigenvalue weighted by atomic mass is 9.97. The number of phenolic OH excluding ortho intramolecular Hbond substituents is 1. The average molecular weight is 308 g/mol. The van der Waals surface area contributed by atoms with Gasteiger partial charge in [0.05, 0.1) is 4.90 Å². The molecule has 22 heavy (non-hydrogen) atoms. The molecule has 4 rings (SSSR count). The Morgan fingerprint density at radius 2 is 1.68 bits per heavy atom. The molecule has 0 fully saturated rings. The summed E-state index contributed by atoms with van der Waals surface area (Å²) in [4.78, 5) is 1.00. The van der Waals surface area contributed by atoms with E-state index in [1.165, 1.54) is 5.56 Å². The average Bonchev–Trinajstić information content (AvgIpc) is 2.57. The Labute approximate surface area is 133 Å². The molecular formula is C19H16O2S. The lowest BCUT2D eigenvalue weighted by molar-refractivity contribution is 0.108. The van der Waals surface area contributed by atoms with E-state index in [9.17, 15) is 5.11 Å². The minimum absolute atomic E-state index is 0.314. The van der Waals surface area contributed by atoms with Gasteiger partial charge in [-0.15, -0.1) is 11.8 Å². The van der Waals surface area contributed by atoms with E-state index in [2.05, 4.69) is 19.1 Å². The van der Waals surface area contributed by atoms with Crippen LogP contribution in [0, 0.1) is 0 Å². The Balaban J connectivity index is 1.88. The second-order valence-electron chi connectivity index (χ2n) is 5.76. The van der Waals surface area contributed by atoms with Crippen molar-refractivity contribution in [2.24, 2.45) is 0 Å². The third-order valence-corrected chi connectivity index (χ3v) is 5.46. The number of aromatic hydroxyl groups is 1. The molecule has 1 N–H and O–H groups in total. The molecule has 0 aromatic heterocycles. The molecule has 0 amide bonds. The van der Waals surface area contributed by atoms with Crippen LogP contribution in [0.15, 0.2) is 65.6 Å². The molecule has 110 valence electrons. The summed E-state index contributed by atoms with van der Waals surface area (Å²) in [6.07, 6.45) is 0. The minimum atomic E-state index is -0.362. The van der Waals surface area contributed by atoms with E-state index < -0.39 is 0 Å². The van der Waals surface area contributed by atoms with Crippen LogP contribution in [0.4, 0.5) is 0 Å². The van der Waals surface area contributed by atoms with Gasteiger partial charge in [-0.2, -0.15) is 0 Å². The van der Waals surface area contributed by atoms with Crippen LogP contribution in [0.1, 0.15) is 12.5 Å². The molecule has 3 heteroatoms. The van der Waals surface area contributed by atoms with Gasteiger partial charge in [-0.05, 0) is 18.6 Å². The lowest BCUT2D eigenvalue weighted by Crippen LogP contribution is -2.34. The molecule has 1 aliphatic heterocycles. The molecule has 0 saturated carbocycles. The topological polar surface area (TPSA) is 29.5 Å². The maximum atomic E-state index is 10.2. The molecule has 1 heterocycles. The van der Waals surface area contributed by atoms with Gasteiger partial charge in [-0.1, -0.05) is 54.6 Å². The third kappa shape index (κ3) is 2.04. The highest BCUT2D eigenvalue weighted by Gasteiger charge is 2.35. The molecule has 0 bridgehead atoms. The van der Waals surface area contributed by atoms with Gasteiger partial charge in [-0.3, -0.25) is 0 Å². The number of ether oxygens (including phenoxy) is 1. The molecule has 1 unspecified atom stereocenters. The summed E-state index contributed by atoms with van der Waals surface area (Å²) in [7, 11) is 0. The van der Waals surface area contributed by atoms with Crippen molar-refractivity contribution in [3.8, 4) is 11.5 Å². The number of thioether (sulfide) groups is 1. The molecule has 1 aliphatic rings. The monoisotopic (exact) mass is 308 g/mol. The Hall–Kier alpha value is -2.13. The Bertz CT molecular complexity index is 845. The van der Waals surface area contributed by atoms with Crippen LogP contribution in [0.3, 0.4) is 0 Å². The number of hydrogen-bond donors (Lipinski definition) is 1. The van der Waals surface area contributed by atoms with Crippen molar-refractivity contribution in [3.05, 3.63) is 66.2 Å². The number of benzene rings is 3. The highest BCUT2D eigenvalue weighted by Crippen LogP contribution is 2.49. The van der Waals surface area contributed by atoms with Gasteiger partial charge in [0.25, 0.3) is 0 Å². The number of hydrogen-bond acceptors (Lipinski definition) is 3. The van der Waals surface area contributed by atoms with E-state index >= 15 is 0 Å². The summed E-state index contributed by atoms with van der Waals surface area (Å²) in [5.74, 6) is 2.01. The van der Waals surface area contributed by atoms with Crippen molar-refractivity contribution >= 4 is 22.5 Å². The van der Waals surface area contributed by atoms with E-state index in [4.69, 9.17) is 4.74 Å². The quantitative estimate of drug-likeness (QED) is 0.690. The van der Waals surface area contributed by atoms with E-state index in [0.29, 0.717) is 5.75 Å². The van der Waals surface area contributed by atoms with E-state index in [0.717, 1.165) is 27.2 Å². The van der Waals surface area contributed by atoms with Crippen LogP contribution in [0.5, 0.6) is 11.5 Å². The van der Waals surface area contributed by atoms with Gasteiger partial charge in [0.1, 0.15) is 17.1 Å². The van der Waals surface area contributed by atoms with Gasteiger partial charge in [0, 0.05) is 16.5 Å². The van der Waals surface area contributed by atoms with Crippen LogP contribution in [-0.2, 0) is 5.60 Å². The highest BCUT2D eigenvalue weighted by atomic mass is 32.2. The molecule has 0 saturated heterocycles. The zero-order chi connectivity index (χ0) is 15.2. The summed E-state index contributed by atoms with van der Waals surface area (Å²) in [6.45, 7) is 2.12. The minimum Gasteiger partial charge on any atom is -0.507 e. The van der Waals surface area contributed by atoms with E-state index in [1.807, 2.05) is 48.5 Å². The fourth-order valence-corrected chi connectivity index (χ4v) is 4.05. The van der Waals surface area contributed by atoms with Gasteiger partial charge >= 0.3 is 0 Å². The number of fused-ring (bicyclic) bond motifs is 3. The molecule has 0 aliphatic carbocycles. The van der Waals surface area contributed by atoms with Crippen LogP contribution < -0.4 is 4.74 Å². The summed E-state index contributed by atoms with van der Waals surface area (Å²) >= 11 is 1.73. The predicted molar refractivity (Wildman–Crippen MR) is 90.8 cm³/mol. The normalized spacial score (nSPS) is 20.4. The lowest BCUT2D eigenvalue weighted by Gasteiger charge is -2.36. The van der Waals surface area contributed by atoms with Crippen LogP contribution >= 0.6 is 11.8 Å². The molecule has 1 atom stereocenters. The molecule has 0 spiro atoms. The smallest absolute Gasteiger partial charge is 0.142 e. The van der Waals surface area contributed by atoms with Crippen LogP contribution in [0.25, 0.3) is 10.8 Å². The summed E-state index contributed by atoms with van der Waals surface area (Å²) < 4.78 is 6.44. The van der Waals surface area contributed by atoms with Crippen molar-refractivity contribution < 1.29 is 9.84 Å². The standard InChI is InChI=1S/C19H16O2S/c1-19(13-7-3-2-4-8-13)12-22-17-11-16(20)14-9-5-6-10-15(14)18(17)21-19/h2-11,20H,12H2,1H3. The van der Waals surface area contributed by atoms with Crippen LogP contribution in [-0.4, -0.2) is 10.9 Å². The summed E-state index contributed by atoms with van der Waals surface area (Å²) in [5, 5.41) is 12.0. The Kier molecular flexibility index (Phi) is 3.05. The molecule has 2 nitrogen and oxygen atoms in total. The third-order valence-electron chi connectivity index (χ3n) is 4.15. The van der Waals surface area contributed by atoms with Crippen molar-refractivity contribution in [2.45, 2.75) is 17.4 Å². The SMILES string of the molecule is CC1(c2ccccc2)CSc2cc(O)c3ccccc3c2O1. The van der Waals surface area contributed by atoms with Crippen molar-refractivity contribution in [3.63, 3.8) is 0 Å². The first-order chi connectivity index (χ1) is 10.7. The first-order valence-corrected chi connectivity index (χ1v) is 8.28. The van der Waals surface area contributed by atoms with Gasteiger partial charge in [0.15, 0.2) is 0 Å². The van der Waals surface area contributed by atoms with Gasteiger partial charge in [-0.25, -0.2) is 0 Å². The second kappa shape index (κ2) is 4.96. The molecule has 0 radical (unpaired) electrons. The molecule has 3 aromatic rings. The van der Waals surface area contributed by atoms with Gasteiger partial charge < -0.3 is 9.84 Å². The number of phenols is 1. The van der Waals surface area contributed by atoms with Crippen LogP contribution in [0.2, 0.25) is 0 Å². The summed E-state index contributed by atoms with van der Waals surface area (Å²) in [5.41, 5.74) is 0.809. The maximum Gasteiger partial charge on any atom is 0.142 e. The first kappa shape index (κ1) is 13.5. The zero-order valence-electron chi connectivity index (χ0n) is 12.2.